The van der Waals surface area contributed by atoms with Crippen LogP contribution in [0.5, 0.6) is 0 Å². The van der Waals surface area contributed by atoms with Crippen LogP contribution in [0.4, 0.5) is 0 Å². The normalized spacial score (nSPS) is 26.6. The van der Waals surface area contributed by atoms with Crippen LogP contribution in [0.2, 0.25) is 0 Å². The molecule has 16 heavy (non-hydrogen) atoms. The SMILES string of the molecule is O=C(CCc1cccnc1)N1CC2CC2C1. The Hall–Kier alpha value is -1.38. The summed E-state index contributed by atoms with van der Waals surface area (Å²) in [6.07, 6.45) is 6.41. The lowest BCUT2D eigenvalue weighted by atomic mass is 10.1. The highest BCUT2D eigenvalue weighted by molar-refractivity contribution is 5.77. The first-order chi connectivity index (χ1) is 7.83. The van der Waals surface area contributed by atoms with E-state index < -0.39 is 0 Å². The van der Waals surface area contributed by atoms with Gasteiger partial charge in [-0.05, 0) is 36.3 Å². The Morgan fingerprint density at radius 2 is 2.25 bits per heavy atom. The Morgan fingerprint density at radius 1 is 1.44 bits per heavy atom. The molecule has 0 aromatic carbocycles. The molecule has 3 heteroatoms. The van der Waals surface area contributed by atoms with Gasteiger partial charge in [0.1, 0.15) is 0 Å². The molecular formula is C13H16N2O. The van der Waals surface area contributed by atoms with Crippen molar-refractivity contribution in [2.24, 2.45) is 11.8 Å². The van der Waals surface area contributed by atoms with Crippen LogP contribution in [0.3, 0.4) is 0 Å². The summed E-state index contributed by atoms with van der Waals surface area (Å²) in [4.78, 5) is 18.0. The molecule has 2 atom stereocenters. The molecule has 0 N–H and O–H groups in total. The number of aromatic nitrogens is 1. The molecule has 1 aliphatic heterocycles. The van der Waals surface area contributed by atoms with E-state index in [0.717, 1.165) is 36.9 Å². The molecule has 2 fully saturated rings. The molecular weight excluding hydrogens is 200 g/mol. The average Bonchev–Trinajstić information content (AvgIpc) is 2.94. The monoisotopic (exact) mass is 216 g/mol. The summed E-state index contributed by atoms with van der Waals surface area (Å²) in [5.74, 6) is 1.99. The van der Waals surface area contributed by atoms with Gasteiger partial charge in [-0.3, -0.25) is 9.78 Å². The predicted molar refractivity (Wildman–Crippen MR) is 60.7 cm³/mol. The van der Waals surface area contributed by atoms with Crippen molar-refractivity contribution >= 4 is 5.91 Å². The number of nitrogens with zero attached hydrogens (tertiary/aromatic N) is 2. The van der Waals surface area contributed by atoms with E-state index in [-0.39, 0.29) is 0 Å². The van der Waals surface area contributed by atoms with Crippen LogP contribution in [-0.4, -0.2) is 28.9 Å². The molecule has 3 nitrogen and oxygen atoms in total. The van der Waals surface area contributed by atoms with Gasteiger partial charge in [0.05, 0.1) is 0 Å². The first-order valence-electron chi connectivity index (χ1n) is 5.99. The van der Waals surface area contributed by atoms with Crippen molar-refractivity contribution in [1.29, 1.82) is 0 Å². The van der Waals surface area contributed by atoms with Crippen LogP contribution in [0.1, 0.15) is 18.4 Å². The molecule has 0 bridgehead atoms. The fourth-order valence-electron chi connectivity index (χ4n) is 2.56. The highest BCUT2D eigenvalue weighted by atomic mass is 16.2. The van der Waals surface area contributed by atoms with Gasteiger partial charge in [0.25, 0.3) is 0 Å². The number of likely N-dealkylation sites (tertiary alicyclic amines) is 1. The van der Waals surface area contributed by atoms with Crippen LogP contribution < -0.4 is 0 Å². The second kappa shape index (κ2) is 3.89. The number of hydrogen-bond donors (Lipinski definition) is 0. The van der Waals surface area contributed by atoms with Gasteiger partial charge in [0.2, 0.25) is 5.91 Å². The maximum atomic E-state index is 11.9. The number of amides is 1. The quantitative estimate of drug-likeness (QED) is 0.767. The second-order valence-corrected chi connectivity index (χ2v) is 4.92. The van der Waals surface area contributed by atoms with Crippen LogP contribution in [0.15, 0.2) is 24.5 Å². The molecule has 1 amide bonds. The fraction of sp³-hybridized carbons (Fsp3) is 0.538. The van der Waals surface area contributed by atoms with E-state index in [9.17, 15) is 4.79 Å². The molecule has 1 aliphatic carbocycles. The Balaban J connectivity index is 1.50. The first kappa shape index (κ1) is 9.82. The molecule has 1 saturated heterocycles. The first-order valence-corrected chi connectivity index (χ1v) is 5.99. The highest BCUT2D eigenvalue weighted by Gasteiger charge is 2.46. The summed E-state index contributed by atoms with van der Waals surface area (Å²) in [6, 6.07) is 3.95. The van der Waals surface area contributed by atoms with Crippen molar-refractivity contribution in [3.05, 3.63) is 30.1 Å². The van der Waals surface area contributed by atoms with Crippen molar-refractivity contribution in [2.75, 3.05) is 13.1 Å². The van der Waals surface area contributed by atoms with Crippen molar-refractivity contribution in [2.45, 2.75) is 19.3 Å². The molecule has 0 spiro atoms. The Bertz CT molecular complexity index is 380. The van der Waals surface area contributed by atoms with Crippen molar-refractivity contribution in [3.8, 4) is 0 Å². The minimum atomic E-state index is 0.316. The number of hydrogen-bond acceptors (Lipinski definition) is 2. The number of aryl methyl sites for hydroxylation is 1. The minimum absolute atomic E-state index is 0.316. The molecule has 2 heterocycles. The molecule has 2 unspecified atom stereocenters. The van der Waals surface area contributed by atoms with Gasteiger partial charge in [-0.2, -0.15) is 0 Å². The van der Waals surface area contributed by atoms with Gasteiger partial charge in [-0.25, -0.2) is 0 Å². The van der Waals surface area contributed by atoms with Gasteiger partial charge < -0.3 is 4.90 Å². The molecule has 1 aromatic heterocycles. The van der Waals surface area contributed by atoms with E-state index in [4.69, 9.17) is 0 Å². The van der Waals surface area contributed by atoms with Crippen LogP contribution in [-0.2, 0) is 11.2 Å². The summed E-state index contributed by atoms with van der Waals surface area (Å²) in [5.41, 5.74) is 1.15. The lowest BCUT2D eigenvalue weighted by Crippen LogP contribution is -2.30. The molecule has 2 aliphatic rings. The van der Waals surface area contributed by atoms with Gasteiger partial charge in [0, 0.05) is 31.9 Å². The second-order valence-electron chi connectivity index (χ2n) is 4.92. The lowest BCUT2D eigenvalue weighted by molar-refractivity contribution is -0.130. The topological polar surface area (TPSA) is 33.2 Å². The van der Waals surface area contributed by atoms with E-state index in [0.29, 0.717) is 12.3 Å². The lowest BCUT2D eigenvalue weighted by Gasteiger charge is -2.17. The Labute approximate surface area is 95.5 Å². The Kier molecular flexibility index (Phi) is 2.39. The van der Waals surface area contributed by atoms with Crippen molar-refractivity contribution in [1.82, 2.24) is 9.88 Å². The zero-order chi connectivity index (χ0) is 11.0. The third-order valence-electron chi connectivity index (χ3n) is 3.68. The largest absolute Gasteiger partial charge is 0.342 e. The van der Waals surface area contributed by atoms with E-state index in [1.807, 2.05) is 23.2 Å². The van der Waals surface area contributed by atoms with E-state index in [1.165, 1.54) is 6.42 Å². The van der Waals surface area contributed by atoms with Gasteiger partial charge in [-0.15, -0.1) is 0 Å². The number of carbonyl (C=O) groups excluding carboxylic acids is 1. The van der Waals surface area contributed by atoms with Crippen molar-refractivity contribution in [3.63, 3.8) is 0 Å². The van der Waals surface area contributed by atoms with Crippen molar-refractivity contribution < 1.29 is 4.79 Å². The summed E-state index contributed by atoms with van der Waals surface area (Å²) in [6.45, 7) is 2.02. The Morgan fingerprint density at radius 3 is 2.94 bits per heavy atom. The van der Waals surface area contributed by atoms with Gasteiger partial charge in [-0.1, -0.05) is 6.07 Å². The number of fused-ring (bicyclic) bond motifs is 1. The average molecular weight is 216 g/mol. The molecule has 1 aromatic rings. The smallest absolute Gasteiger partial charge is 0.222 e. The number of carbonyl (C=O) groups is 1. The third kappa shape index (κ3) is 1.94. The fourth-order valence-corrected chi connectivity index (χ4v) is 2.56. The van der Waals surface area contributed by atoms with E-state index in [1.54, 1.807) is 6.20 Å². The molecule has 84 valence electrons. The maximum Gasteiger partial charge on any atom is 0.222 e. The molecule has 3 rings (SSSR count). The van der Waals surface area contributed by atoms with Crippen LogP contribution in [0.25, 0.3) is 0 Å². The van der Waals surface area contributed by atoms with Gasteiger partial charge >= 0.3 is 0 Å². The van der Waals surface area contributed by atoms with Gasteiger partial charge in [0.15, 0.2) is 0 Å². The maximum absolute atomic E-state index is 11.9. The summed E-state index contributed by atoms with van der Waals surface area (Å²) in [7, 11) is 0. The molecule has 0 radical (unpaired) electrons. The third-order valence-corrected chi connectivity index (χ3v) is 3.68. The minimum Gasteiger partial charge on any atom is -0.342 e. The standard InChI is InChI=1S/C13H16N2O/c16-13(15-8-11-6-12(11)9-15)4-3-10-2-1-5-14-7-10/h1-2,5,7,11-12H,3-4,6,8-9H2. The van der Waals surface area contributed by atoms with E-state index >= 15 is 0 Å². The number of piperidine rings is 1. The summed E-state index contributed by atoms with van der Waals surface area (Å²) >= 11 is 0. The highest BCUT2D eigenvalue weighted by Crippen LogP contribution is 2.44. The molecule has 1 saturated carbocycles. The zero-order valence-electron chi connectivity index (χ0n) is 9.30. The zero-order valence-corrected chi connectivity index (χ0v) is 9.30. The van der Waals surface area contributed by atoms with Crippen LogP contribution >= 0.6 is 0 Å². The summed E-state index contributed by atoms with van der Waals surface area (Å²) < 4.78 is 0. The van der Waals surface area contributed by atoms with Crippen LogP contribution in [0, 0.1) is 11.8 Å². The number of rotatable bonds is 3. The van der Waals surface area contributed by atoms with E-state index in [2.05, 4.69) is 4.98 Å². The number of pyridine rings is 1. The summed E-state index contributed by atoms with van der Waals surface area (Å²) in [5, 5.41) is 0. The predicted octanol–water partition coefficient (Wildman–Crippen LogP) is 1.49.